The minimum Gasteiger partial charge on any atom is -0.340 e. The van der Waals surface area contributed by atoms with Gasteiger partial charge < -0.3 is 9.80 Å². The lowest BCUT2D eigenvalue weighted by atomic mass is 10.0. The number of likely N-dealkylation sites (tertiary alicyclic amines) is 2. The Morgan fingerprint density at radius 1 is 0.955 bits per heavy atom. The number of benzene rings is 1. The Morgan fingerprint density at radius 3 is 2.41 bits per heavy atom. The molecule has 3 rings (SSSR count). The average Bonchev–Trinajstić information content (AvgIpc) is 2.80. The maximum Gasteiger partial charge on any atom is 0.253 e. The fraction of sp³-hybridized carbons (Fsp3) is 0.556. The van der Waals surface area contributed by atoms with Gasteiger partial charge in [0.1, 0.15) is 0 Å². The van der Waals surface area contributed by atoms with Crippen LogP contribution in [-0.2, 0) is 4.79 Å². The summed E-state index contributed by atoms with van der Waals surface area (Å²) in [6.07, 6.45) is 5.82. The van der Waals surface area contributed by atoms with Crippen molar-refractivity contribution in [1.82, 2.24) is 9.80 Å². The molecule has 0 spiro atoms. The van der Waals surface area contributed by atoms with Gasteiger partial charge >= 0.3 is 0 Å². The summed E-state index contributed by atoms with van der Waals surface area (Å²) >= 11 is 0. The highest BCUT2D eigenvalue weighted by Crippen LogP contribution is 2.22. The van der Waals surface area contributed by atoms with Gasteiger partial charge in [-0.15, -0.1) is 0 Å². The molecule has 0 N–H and O–H groups in total. The zero-order valence-corrected chi connectivity index (χ0v) is 13.0. The van der Waals surface area contributed by atoms with Gasteiger partial charge in [-0.1, -0.05) is 24.6 Å². The van der Waals surface area contributed by atoms with Crippen LogP contribution < -0.4 is 0 Å². The van der Waals surface area contributed by atoms with Gasteiger partial charge in [0.05, 0.1) is 0 Å². The van der Waals surface area contributed by atoms with Gasteiger partial charge in [-0.25, -0.2) is 0 Å². The van der Waals surface area contributed by atoms with Crippen molar-refractivity contribution in [2.45, 2.75) is 44.6 Å². The number of carbonyl (C=O) groups excluding carboxylic acids is 2. The quantitative estimate of drug-likeness (QED) is 0.842. The first-order valence-electron chi connectivity index (χ1n) is 8.39. The van der Waals surface area contributed by atoms with E-state index >= 15 is 0 Å². The molecule has 0 radical (unpaired) electrons. The first kappa shape index (κ1) is 15.1. The highest BCUT2D eigenvalue weighted by molar-refractivity contribution is 5.94. The van der Waals surface area contributed by atoms with Crippen molar-refractivity contribution in [3.63, 3.8) is 0 Å². The van der Waals surface area contributed by atoms with E-state index in [4.69, 9.17) is 0 Å². The summed E-state index contributed by atoms with van der Waals surface area (Å²) < 4.78 is 0. The maximum absolute atomic E-state index is 12.4. The molecule has 0 aromatic heterocycles. The first-order valence-corrected chi connectivity index (χ1v) is 8.39. The third kappa shape index (κ3) is 3.32. The molecule has 0 bridgehead atoms. The van der Waals surface area contributed by atoms with Crippen molar-refractivity contribution in [3.8, 4) is 0 Å². The van der Waals surface area contributed by atoms with Crippen LogP contribution in [-0.4, -0.2) is 47.3 Å². The summed E-state index contributed by atoms with van der Waals surface area (Å²) in [6, 6.07) is 9.78. The van der Waals surface area contributed by atoms with E-state index in [1.807, 2.05) is 35.2 Å². The molecule has 2 saturated heterocycles. The summed E-state index contributed by atoms with van der Waals surface area (Å²) in [6.45, 7) is 2.40. The lowest BCUT2D eigenvalue weighted by Gasteiger charge is -2.38. The Bertz CT molecular complexity index is 521. The fourth-order valence-electron chi connectivity index (χ4n) is 3.53. The van der Waals surface area contributed by atoms with Crippen LogP contribution in [0.25, 0.3) is 0 Å². The van der Waals surface area contributed by atoms with Gasteiger partial charge in [-0.05, 0) is 37.8 Å². The second-order valence-electron chi connectivity index (χ2n) is 6.29. The molecule has 1 aromatic rings. The average molecular weight is 300 g/mol. The van der Waals surface area contributed by atoms with E-state index in [9.17, 15) is 9.59 Å². The molecule has 0 atom stereocenters. The second kappa shape index (κ2) is 6.95. The molecular formula is C18H24N2O2. The van der Waals surface area contributed by atoms with Crippen LogP contribution in [0, 0.1) is 0 Å². The van der Waals surface area contributed by atoms with E-state index in [2.05, 4.69) is 4.90 Å². The van der Waals surface area contributed by atoms with E-state index in [0.29, 0.717) is 18.4 Å². The van der Waals surface area contributed by atoms with E-state index in [1.165, 1.54) is 0 Å². The first-order chi connectivity index (χ1) is 10.8. The largest absolute Gasteiger partial charge is 0.340 e. The molecule has 2 heterocycles. The molecule has 22 heavy (non-hydrogen) atoms. The van der Waals surface area contributed by atoms with Crippen LogP contribution in [0.15, 0.2) is 30.3 Å². The van der Waals surface area contributed by atoms with Crippen molar-refractivity contribution >= 4 is 11.8 Å². The lowest BCUT2D eigenvalue weighted by Crippen LogP contribution is -2.48. The lowest BCUT2D eigenvalue weighted by molar-refractivity contribution is -0.133. The fourth-order valence-corrected chi connectivity index (χ4v) is 3.53. The number of hydrogen-bond donors (Lipinski definition) is 0. The maximum atomic E-state index is 12.4. The van der Waals surface area contributed by atoms with Crippen LogP contribution >= 0.6 is 0 Å². The molecule has 2 aliphatic heterocycles. The van der Waals surface area contributed by atoms with Gasteiger partial charge in [-0.3, -0.25) is 9.59 Å². The van der Waals surface area contributed by atoms with Crippen LogP contribution in [0.4, 0.5) is 0 Å². The highest BCUT2D eigenvalue weighted by atomic mass is 16.2. The SMILES string of the molecule is O=C(c1ccccc1)N1CCC(N2CCCCCC2=O)CC1. The predicted molar refractivity (Wildman–Crippen MR) is 85.5 cm³/mol. The molecule has 4 heteroatoms. The van der Waals surface area contributed by atoms with Crippen molar-refractivity contribution in [2.24, 2.45) is 0 Å². The molecule has 118 valence electrons. The Hall–Kier alpha value is -1.84. The minimum atomic E-state index is 0.112. The Kier molecular flexibility index (Phi) is 4.76. The third-order valence-corrected chi connectivity index (χ3v) is 4.82. The molecule has 1 aromatic carbocycles. The van der Waals surface area contributed by atoms with E-state index in [1.54, 1.807) is 0 Å². The van der Waals surface area contributed by atoms with Gasteiger partial charge in [0.25, 0.3) is 5.91 Å². The predicted octanol–water partition coefficient (Wildman–Crippen LogP) is 2.69. The smallest absolute Gasteiger partial charge is 0.253 e. The van der Waals surface area contributed by atoms with Gasteiger partial charge in [0.15, 0.2) is 0 Å². The Balaban J connectivity index is 1.58. The molecule has 4 nitrogen and oxygen atoms in total. The Morgan fingerprint density at radius 2 is 1.68 bits per heavy atom. The number of amides is 2. The van der Waals surface area contributed by atoms with Crippen molar-refractivity contribution in [3.05, 3.63) is 35.9 Å². The zero-order valence-electron chi connectivity index (χ0n) is 13.0. The van der Waals surface area contributed by atoms with Gasteiger partial charge in [0.2, 0.25) is 5.91 Å². The normalized spacial score (nSPS) is 20.8. The van der Waals surface area contributed by atoms with E-state index in [-0.39, 0.29) is 5.91 Å². The molecule has 0 saturated carbocycles. The van der Waals surface area contributed by atoms with E-state index < -0.39 is 0 Å². The van der Waals surface area contributed by atoms with Crippen LogP contribution in [0.3, 0.4) is 0 Å². The summed E-state index contributed by atoms with van der Waals surface area (Å²) in [5, 5.41) is 0. The van der Waals surface area contributed by atoms with Gasteiger partial charge in [-0.2, -0.15) is 0 Å². The third-order valence-electron chi connectivity index (χ3n) is 4.82. The summed E-state index contributed by atoms with van der Waals surface area (Å²) in [4.78, 5) is 28.6. The van der Waals surface area contributed by atoms with Crippen molar-refractivity contribution in [2.75, 3.05) is 19.6 Å². The summed E-state index contributed by atoms with van der Waals surface area (Å²) in [7, 11) is 0. The minimum absolute atomic E-state index is 0.112. The van der Waals surface area contributed by atoms with Crippen LogP contribution in [0.2, 0.25) is 0 Å². The Labute approximate surface area is 132 Å². The summed E-state index contributed by atoms with van der Waals surface area (Å²) in [5.41, 5.74) is 0.756. The number of nitrogens with zero attached hydrogens (tertiary/aromatic N) is 2. The van der Waals surface area contributed by atoms with Crippen LogP contribution in [0.5, 0.6) is 0 Å². The van der Waals surface area contributed by atoms with Crippen LogP contribution in [0.1, 0.15) is 48.9 Å². The number of hydrogen-bond acceptors (Lipinski definition) is 2. The van der Waals surface area contributed by atoms with Crippen molar-refractivity contribution < 1.29 is 9.59 Å². The summed E-state index contributed by atoms with van der Waals surface area (Å²) in [5.74, 6) is 0.423. The number of rotatable bonds is 2. The number of piperidine rings is 1. The standard InChI is InChI=1S/C18H24N2O2/c21-17-9-5-2-6-12-20(17)16-10-13-19(14-11-16)18(22)15-7-3-1-4-8-15/h1,3-4,7-8,16H,2,5-6,9-14H2. The second-order valence-corrected chi connectivity index (χ2v) is 6.29. The molecular weight excluding hydrogens is 276 g/mol. The zero-order chi connectivity index (χ0) is 15.4. The molecule has 0 unspecified atom stereocenters. The monoisotopic (exact) mass is 300 g/mol. The molecule has 2 amide bonds. The topological polar surface area (TPSA) is 40.6 Å². The van der Waals surface area contributed by atoms with Gasteiger partial charge in [0, 0.05) is 37.7 Å². The highest BCUT2D eigenvalue weighted by Gasteiger charge is 2.30. The molecule has 2 fully saturated rings. The van der Waals surface area contributed by atoms with Crippen molar-refractivity contribution in [1.29, 1.82) is 0 Å². The number of carbonyl (C=O) groups is 2. The van der Waals surface area contributed by atoms with E-state index in [0.717, 1.165) is 57.3 Å². The molecule has 0 aliphatic carbocycles. The molecule has 2 aliphatic rings.